The summed E-state index contributed by atoms with van der Waals surface area (Å²) in [6.45, 7) is 4.39. The molecule has 1 unspecified atom stereocenters. The van der Waals surface area contributed by atoms with E-state index in [1.807, 2.05) is 25.1 Å². The Morgan fingerprint density at radius 1 is 1.42 bits per heavy atom. The Kier molecular flexibility index (Phi) is 3.80. The predicted molar refractivity (Wildman–Crippen MR) is 75.1 cm³/mol. The second-order valence-electron chi connectivity index (χ2n) is 5.39. The van der Waals surface area contributed by atoms with E-state index >= 15 is 0 Å². The van der Waals surface area contributed by atoms with Gasteiger partial charge in [0.1, 0.15) is 17.9 Å². The van der Waals surface area contributed by atoms with Gasteiger partial charge in [-0.25, -0.2) is 0 Å². The lowest BCUT2D eigenvalue weighted by Gasteiger charge is -2.30. The van der Waals surface area contributed by atoms with Gasteiger partial charge in [-0.15, -0.1) is 0 Å². The molecule has 0 saturated heterocycles. The predicted octanol–water partition coefficient (Wildman–Crippen LogP) is 1.54. The van der Waals surface area contributed by atoms with Crippen LogP contribution in [-0.2, 0) is 4.79 Å². The molecule has 4 nitrogen and oxygen atoms in total. The summed E-state index contributed by atoms with van der Waals surface area (Å²) in [7, 11) is 1.77. The molecule has 1 aliphatic carbocycles. The van der Waals surface area contributed by atoms with Crippen molar-refractivity contribution in [2.24, 2.45) is 11.7 Å². The topological polar surface area (TPSA) is 64.3 Å². The van der Waals surface area contributed by atoms with Crippen molar-refractivity contribution in [1.29, 1.82) is 0 Å². The first kappa shape index (κ1) is 13.9. The average Bonchev–Trinajstić information content (AvgIpc) is 3.19. The van der Waals surface area contributed by atoms with Crippen LogP contribution in [0.15, 0.2) is 18.2 Å². The zero-order valence-electron chi connectivity index (χ0n) is 11.8. The molecule has 1 aromatic rings. The Morgan fingerprint density at radius 3 is 2.58 bits per heavy atom. The fourth-order valence-electron chi connectivity index (χ4n) is 2.37. The molecular formula is C15H22N2O2. The van der Waals surface area contributed by atoms with Crippen molar-refractivity contribution in [2.45, 2.75) is 32.2 Å². The molecule has 2 rings (SSSR count). The molecule has 1 aromatic carbocycles. The van der Waals surface area contributed by atoms with Gasteiger partial charge in [-0.2, -0.15) is 0 Å². The summed E-state index contributed by atoms with van der Waals surface area (Å²) in [6.07, 6.45) is 2.06. The summed E-state index contributed by atoms with van der Waals surface area (Å²) >= 11 is 0. The highest BCUT2D eigenvalue weighted by molar-refractivity contribution is 5.85. The SMILES string of the molecule is CNC(COc1ccc(C)c(C)c1)(C(N)=O)C1CC1. The number of primary amides is 1. The number of rotatable bonds is 6. The minimum absolute atomic E-state index is 0.284. The zero-order valence-corrected chi connectivity index (χ0v) is 11.8. The summed E-state index contributed by atoms with van der Waals surface area (Å²) in [6, 6.07) is 5.94. The molecule has 0 bridgehead atoms. The van der Waals surface area contributed by atoms with E-state index in [1.165, 1.54) is 11.1 Å². The molecule has 0 spiro atoms. The van der Waals surface area contributed by atoms with Gasteiger partial charge in [-0.05, 0) is 62.9 Å². The number of ether oxygens (including phenoxy) is 1. The number of nitrogens with two attached hydrogens (primary N) is 1. The van der Waals surface area contributed by atoms with Crippen LogP contribution in [0.4, 0.5) is 0 Å². The maximum Gasteiger partial charge on any atom is 0.241 e. The quantitative estimate of drug-likeness (QED) is 0.817. The van der Waals surface area contributed by atoms with Crippen molar-refractivity contribution in [3.63, 3.8) is 0 Å². The van der Waals surface area contributed by atoms with Gasteiger partial charge in [0.05, 0.1) is 0 Å². The Hall–Kier alpha value is -1.55. The zero-order chi connectivity index (χ0) is 14.0. The normalized spacial score (nSPS) is 17.8. The smallest absolute Gasteiger partial charge is 0.241 e. The van der Waals surface area contributed by atoms with E-state index < -0.39 is 5.54 Å². The molecule has 4 heteroatoms. The molecule has 3 N–H and O–H groups in total. The van der Waals surface area contributed by atoms with E-state index in [4.69, 9.17) is 10.5 Å². The number of hydrogen-bond acceptors (Lipinski definition) is 3. The molecule has 0 radical (unpaired) electrons. The van der Waals surface area contributed by atoms with Crippen molar-refractivity contribution in [1.82, 2.24) is 5.32 Å². The van der Waals surface area contributed by atoms with Crippen molar-refractivity contribution < 1.29 is 9.53 Å². The van der Waals surface area contributed by atoms with Gasteiger partial charge in [0, 0.05) is 0 Å². The minimum atomic E-state index is -0.737. The molecule has 0 aliphatic heterocycles. The fraction of sp³-hybridized carbons (Fsp3) is 0.533. The Morgan fingerprint density at radius 2 is 2.11 bits per heavy atom. The van der Waals surface area contributed by atoms with Gasteiger partial charge in [0.15, 0.2) is 0 Å². The van der Waals surface area contributed by atoms with Crippen LogP contribution in [0.5, 0.6) is 5.75 Å². The van der Waals surface area contributed by atoms with Crippen molar-refractivity contribution in [3.05, 3.63) is 29.3 Å². The summed E-state index contributed by atoms with van der Waals surface area (Å²) in [5.41, 5.74) is 7.23. The third-order valence-corrected chi connectivity index (χ3v) is 4.10. The average molecular weight is 262 g/mol. The summed E-state index contributed by atoms with van der Waals surface area (Å²) in [4.78, 5) is 11.8. The number of carbonyl (C=O) groups excluding carboxylic acids is 1. The first-order valence-corrected chi connectivity index (χ1v) is 6.68. The van der Waals surface area contributed by atoms with Crippen LogP contribution in [0.3, 0.4) is 0 Å². The van der Waals surface area contributed by atoms with Crippen LogP contribution in [-0.4, -0.2) is 25.1 Å². The van der Waals surface area contributed by atoms with Crippen molar-refractivity contribution in [3.8, 4) is 5.75 Å². The number of likely N-dealkylation sites (N-methyl/N-ethyl adjacent to an activating group) is 1. The summed E-state index contributed by atoms with van der Waals surface area (Å²) in [5.74, 6) is 0.743. The fourth-order valence-corrected chi connectivity index (χ4v) is 2.37. The third-order valence-electron chi connectivity index (χ3n) is 4.10. The number of nitrogens with one attached hydrogen (secondary N) is 1. The van der Waals surface area contributed by atoms with E-state index in [0.717, 1.165) is 18.6 Å². The Bertz CT molecular complexity index is 483. The van der Waals surface area contributed by atoms with E-state index in [0.29, 0.717) is 5.92 Å². The van der Waals surface area contributed by atoms with Gasteiger partial charge in [-0.1, -0.05) is 6.07 Å². The second kappa shape index (κ2) is 5.21. The van der Waals surface area contributed by atoms with E-state index in [2.05, 4.69) is 12.2 Å². The second-order valence-corrected chi connectivity index (χ2v) is 5.39. The summed E-state index contributed by atoms with van der Waals surface area (Å²) < 4.78 is 5.80. The molecule has 0 aromatic heterocycles. The molecule has 1 atom stereocenters. The molecule has 0 heterocycles. The highest BCUT2D eigenvalue weighted by atomic mass is 16.5. The van der Waals surface area contributed by atoms with Crippen LogP contribution in [0.2, 0.25) is 0 Å². The molecule has 1 amide bonds. The number of amides is 1. The number of benzene rings is 1. The van der Waals surface area contributed by atoms with Crippen LogP contribution < -0.4 is 15.8 Å². The van der Waals surface area contributed by atoms with E-state index in [-0.39, 0.29) is 12.5 Å². The van der Waals surface area contributed by atoms with Crippen LogP contribution >= 0.6 is 0 Å². The minimum Gasteiger partial charge on any atom is -0.491 e. The maximum atomic E-state index is 11.8. The van der Waals surface area contributed by atoms with Crippen LogP contribution in [0, 0.1) is 19.8 Å². The Balaban J connectivity index is 2.10. The third kappa shape index (κ3) is 2.73. The first-order chi connectivity index (χ1) is 8.99. The monoisotopic (exact) mass is 262 g/mol. The largest absolute Gasteiger partial charge is 0.491 e. The summed E-state index contributed by atoms with van der Waals surface area (Å²) in [5, 5.41) is 3.07. The van der Waals surface area contributed by atoms with Gasteiger partial charge in [0.25, 0.3) is 0 Å². The molecular weight excluding hydrogens is 240 g/mol. The van der Waals surface area contributed by atoms with Gasteiger partial charge in [0.2, 0.25) is 5.91 Å². The van der Waals surface area contributed by atoms with Crippen LogP contribution in [0.25, 0.3) is 0 Å². The molecule has 19 heavy (non-hydrogen) atoms. The Labute approximate surface area is 114 Å². The van der Waals surface area contributed by atoms with E-state index in [1.54, 1.807) is 7.05 Å². The lowest BCUT2D eigenvalue weighted by atomic mass is 9.93. The lowest BCUT2D eigenvalue weighted by Crippen LogP contribution is -2.59. The molecule has 1 fully saturated rings. The molecule has 104 valence electrons. The van der Waals surface area contributed by atoms with Crippen molar-refractivity contribution in [2.75, 3.05) is 13.7 Å². The number of hydrogen-bond donors (Lipinski definition) is 2. The molecule has 1 saturated carbocycles. The number of carbonyl (C=O) groups is 1. The highest BCUT2D eigenvalue weighted by Crippen LogP contribution is 2.39. The van der Waals surface area contributed by atoms with Gasteiger partial charge >= 0.3 is 0 Å². The van der Waals surface area contributed by atoms with E-state index in [9.17, 15) is 4.79 Å². The highest BCUT2D eigenvalue weighted by Gasteiger charge is 2.49. The first-order valence-electron chi connectivity index (χ1n) is 6.68. The molecule has 1 aliphatic rings. The van der Waals surface area contributed by atoms with Gasteiger partial charge < -0.3 is 15.8 Å². The standard InChI is InChI=1S/C15H22N2O2/c1-10-4-7-13(8-11(10)2)19-9-15(17-3,14(16)18)12-5-6-12/h4,7-8,12,17H,5-6,9H2,1-3H3,(H2,16,18). The van der Waals surface area contributed by atoms with Crippen molar-refractivity contribution >= 4 is 5.91 Å². The maximum absolute atomic E-state index is 11.8. The van der Waals surface area contributed by atoms with Gasteiger partial charge in [-0.3, -0.25) is 4.79 Å². The number of aryl methyl sites for hydroxylation is 2. The lowest BCUT2D eigenvalue weighted by molar-refractivity contribution is -0.126. The van der Waals surface area contributed by atoms with Crippen LogP contribution in [0.1, 0.15) is 24.0 Å².